The number of phenolic OH excluding ortho intramolecular Hbond substituents is 1. The van der Waals surface area contributed by atoms with E-state index in [0.29, 0.717) is 12.3 Å². The van der Waals surface area contributed by atoms with Gasteiger partial charge in [0.25, 0.3) is 10.0 Å². The molecule has 4 nitrogen and oxygen atoms in total. The van der Waals surface area contributed by atoms with Gasteiger partial charge in [0.15, 0.2) is 0 Å². The van der Waals surface area contributed by atoms with Gasteiger partial charge in [0.2, 0.25) is 0 Å². The Balaban J connectivity index is 2.23. The zero-order valence-electron chi connectivity index (χ0n) is 10.9. The average molecular weight is 346 g/mol. The lowest BCUT2D eigenvalue weighted by atomic mass is 10.2. The molecule has 0 saturated carbocycles. The number of anilines is 1. The van der Waals surface area contributed by atoms with Crippen LogP contribution < -0.4 is 4.72 Å². The standard InChI is InChI=1S/C14H13Cl2NO3S/c15-8-7-10-1-4-12(5-2-10)21(19,20)17-11-3-6-14(18)13(16)9-11/h1-6,9,17-18H,7-8H2. The van der Waals surface area contributed by atoms with Crippen molar-refractivity contribution in [2.75, 3.05) is 10.6 Å². The highest BCUT2D eigenvalue weighted by atomic mass is 35.5. The van der Waals surface area contributed by atoms with Crippen molar-refractivity contribution >= 4 is 38.9 Å². The Morgan fingerprint density at radius 3 is 2.33 bits per heavy atom. The molecule has 0 fully saturated rings. The summed E-state index contributed by atoms with van der Waals surface area (Å²) in [6.07, 6.45) is 0.683. The number of nitrogens with one attached hydrogen (secondary N) is 1. The monoisotopic (exact) mass is 345 g/mol. The van der Waals surface area contributed by atoms with Crippen LogP contribution in [0, 0.1) is 0 Å². The summed E-state index contributed by atoms with van der Waals surface area (Å²) < 4.78 is 26.9. The first-order valence-electron chi connectivity index (χ1n) is 6.08. The topological polar surface area (TPSA) is 66.4 Å². The third kappa shape index (κ3) is 4.03. The molecule has 0 bridgehead atoms. The molecule has 0 spiro atoms. The first-order chi connectivity index (χ1) is 9.92. The fraction of sp³-hybridized carbons (Fsp3) is 0.143. The van der Waals surface area contributed by atoms with Crippen molar-refractivity contribution in [3.8, 4) is 5.75 Å². The van der Waals surface area contributed by atoms with E-state index in [1.54, 1.807) is 12.1 Å². The van der Waals surface area contributed by atoms with Crippen molar-refractivity contribution in [1.29, 1.82) is 0 Å². The zero-order valence-corrected chi connectivity index (χ0v) is 13.2. The van der Waals surface area contributed by atoms with Crippen LogP contribution in [0.1, 0.15) is 5.56 Å². The molecular weight excluding hydrogens is 333 g/mol. The Labute approximate surface area is 133 Å². The molecule has 2 rings (SSSR count). The molecule has 21 heavy (non-hydrogen) atoms. The quantitative estimate of drug-likeness (QED) is 0.642. The van der Waals surface area contributed by atoms with Gasteiger partial charge in [0.1, 0.15) is 5.75 Å². The SMILES string of the molecule is O=S(=O)(Nc1ccc(O)c(Cl)c1)c1ccc(CCCl)cc1. The van der Waals surface area contributed by atoms with Crippen LogP contribution in [0.25, 0.3) is 0 Å². The predicted molar refractivity (Wildman–Crippen MR) is 84.8 cm³/mol. The smallest absolute Gasteiger partial charge is 0.261 e. The summed E-state index contributed by atoms with van der Waals surface area (Å²) >= 11 is 11.4. The molecule has 2 N–H and O–H groups in total. The van der Waals surface area contributed by atoms with Gasteiger partial charge in [-0.2, -0.15) is 0 Å². The van der Waals surface area contributed by atoms with Crippen LogP contribution in [-0.2, 0) is 16.4 Å². The zero-order chi connectivity index (χ0) is 15.5. The number of phenols is 1. The Bertz CT molecular complexity index is 730. The van der Waals surface area contributed by atoms with Gasteiger partial charge in [-0.3, -0.25) is 4.72 Å². The average Bonchev–Trinajstić information content (AvgIpc) is 2.44. The first kappa shape index (κ1) is 15.9. The van der Waals surface area contributed by atoms with E-state index in [2.05, 4.69) is 4.72 Å². The Morgan fingerprint density at radius 1 is 1.10 bits per heavy atom. The molecule has 7 heteroatoms. The summed E-state index contributed by atoms with van der Waals surface area (Å²) in [6.45, 7) is 0. The maximum absolute atomic E-state index is 12.2. The number of alkyl halides is 1. The minimum absolute atomic E-state index is 0.0765. The van der Waals surface area contributed by atoms with Crippen molar-refractivity contribution < 1.29 is 13.5 Å². The second-order valence-corrected chi connectivity index (χ2v) is 6.82. The van der Waals surface area contributed by atoms with E-state index in [9.17, 15) is 13.5 Å². The third-order valence-corrected chi connectivity index (χ3v) is 4.71. The second-order valence-electron chi connectivity index (χ2n) is 4.35. The highest BCUT2D eigenvalue weighted by molar-refractivity contribution is 7.92. The molecular formula is C14H13Cl2NO3S. The Hall–Kier alpha value is -1.43. The lowest BCUT2D eigenvalue weighted by Crippen LogP contribution is -2.12. The molecule has 0 aliphatic carbocycles. The summed E-state index contributed by atoms with van der Waals surface area (Å²) in [7, 11) is -3.70. The maximum atomic E-state index is 12.2. The fourth-order valence-corrected chi connectivity index (χ4v) is 3.18. The molecule has 2 aromatic carbocycles. The number of halogens is 2. The highest BCUT2D eigenvalue weighted by Crippen LogP contribution is 2.27. The van der Waals surface area contributed by atoms with Crippen LogP contribution in [0.2, 0.25) is 5.02 Å². The predicted octanol–water partition coefficient (Wildman–Crippen LogP) is 3.63. The van der Waals surface area contributed by atoms with E-state index in [1.165, 1.54) is 30.3 Å². The molecule has 0 heterocycles. The number of aryl methyl sites for hydroxylation is 1. The van der Waals surface area contributed by atoms with E-state index in [4.69, 9.17) is 23.2 Å². The number of hydrogen-bond donors (Lipinski definition) is 2. The number of rotatable bonds is 5. The molecule has 0 atom stereocenters. The lowest BCUT2D eigenvalue weighted by Gasteiger charge is -2.09. The van der Waals surface area contributed by atoms with Crippen molar-refractivity contribution in [2.45, 2.75) is 11.3 Å². The normalized spacial score (nSPS) is 11.3. The number of hydrogen-bond acceptors (Lipinski definition) is 3. The van der Waals surface area contributed by atoms with Crippen LogP contribution in [0.3, 0.4) is 0 Å². The van der Waals surface area contributed by atoms with E-state index < -0.39 is 10.0 Å². The van der Waals surface area contributed by atoms with Crippen molar-refractivity contribution in [2.24, 2.45) is 0 Å². The number of benzene rings is 2. The van der Waals surface area contributed by atoms with Crippen LogP contribution in [0.5, 0.6) is 5.75 Å². The largest absolute Gasteiger partial charge is 0.506 e. The lowest BCUT2D eigenvalue weighted by molar-refractivity contribution is 0.475. The van der Waals surface area contributed by atoms with Crippen LogP contribution in [-0.4, -0.2) is 19.4 Å². The maximum Gasteiger partial charge on any atom is 0.261 e. The van der Waals surface area contributed by atoms with Crippen molar-refractivity contribution in [3.63, 3.8) is 0 Å². The molecule has 0 saturated heterocycles. The summed E-state index contributed by atoms with van der Waals surface area (Å²) in [5.41, 5.74) is 1.25. The van der Waals surface area contributed by atoms with Gasteiger partial charge in [0, 0.05) is 5.88 Å². The third-order valence-electron chi connectivity index (χ3n) is 2.82. The Morgan fingerprint density at radius 2 is 1.76 bits per heavy atom. The minimum atomic E-state index is -3.70. The molecule has 0 unspecified atom stereocenters. The van der Waals surface area contributed by atoms with Crippen LogP contribution >= 0.6 is 23.2 Å². The molecule has 0 aliphatic heterocycles. The summed E-state index contributed by atoms with van der Waals surface area (Å²) in [5, 5.41) is 9.40. The summed E-state index contributed by atoms with van der Waals surface area (Å²) in [6, 6.07) is 10.6. The van der Waals surface area contributed by atoms with Gasteiger partial charge in [-0.05, 0) is 42.3 Å². The molecule has 112 valence electrons. The number of aromatic hydroxyl groups is 1. The molecule has 0 amide bonds. The minimum Gasteiger partial charge on any atom is -0.506 e. The molecule has 0 aromatic heterocycles. The summed E-state index contributed by atoms with van der Waals surface area (Å²) in [4.78, 5) is 0.144. The van der Waals surface area contributed by atoms with E-state index in [1.807, 2.05) is 0 Å². The van der Waals surface area contributed by atoms with Crippen molar-refractivity contribution in [3.05, 3.63) is 53.1 Å². The van der Waals surface area contributed by atoms with E-state index >= 15 is 0 Å². The van der Waals surface area contributed by atoms with Gasteiger partial charge in [-0.25, -0.2) is 8.42 Å². The fourth-order valence-electron chi connectivity index (χ4n) is 1.73. The van der Waals surface area contributed by atoms with Crippen molar-refractivity contribution in [1.82, 2.24) is 0 Å². The van der Waals surface area contributed by atoms with Gasteiger partial charge >= 0.3 is 0 Å². The summed E-state index contributed by atoms with van der Waals surface area (Å²) in [5.74, 6) is 0.376. The molecule has 2 aromatic rings. The second kappa shape index (κ2) is 6.56. The van der Waals surface area contributed by atoms with Gasteiger partial charge < -0.3 is 5.11 Å². The van der Waals surface area contributed by atoms with Crippen LogP contribution in [0.4, 0.5) is 5.69 Å². The molecule has 0 aliphatic rings. The number of sulfonamides is 1. The molecule has 0 radical (unpaired) electrons. The van der Waals surface area contributed by atoms with E-state index in [0.717, 1.165) is 5.56 Å². The van der Waals surface area contributed by atoms with Gasteiger partial charge in [0.05, 0.1) is 15.6 Å². The van der Waals surface area contributed by atoms with Crippen LogP contribution in [0.15, 0.2) is 47.4 Å². The highest BCUT2D eigenvalue weighted by Gasteiger charge is 2.14. The van der Waals surface area contributed by atoms with Gasteiger partial charge in [-0.1, -0.05) is 23.7 Å². The van der Waals surface area contributed by atoms with Gasteiger partial charge in [-0.15, -0.1) is 11.6 Å². The van der Waals surface area contributed by atoms with E-state index in [-0.39, 0.29) is 21.4 Å². The first-order valence-corrected chi connectivity index (χ1v) is 8.48. The Kier molecular flexibility index (Phi) is 4.98.